The molecule has 0 N–H and O–H groups in total. The molecular formula is C23H46O9. The first-order valence-electron chi connectivity index (χ1n) is 11.9. The summed E-state index contributed by atoms with van der Waals surface area (Å²) in [6.45, 7) is 11.5. The molecule has 0 atom stereocenters. The van der Waals surface area contributed by atoms with Gasteiger partial charge in [0, 0.05) is 13.5 Å². The van der Waals surface area contributed by atoms with Gasteiger partial charge in [-0.1, -0.05) is 32.6 Å². The topological polar surface area (TPSA) is 90.9 Å². The van der Waals surface area contributed by atoms with Gasteiger partial charge < -0.3 is 37.9 Å². The molecule has 0 saturated heterocycles. The van der Waals surface area contributed by atoms with Crippen molar-refractivity contribution in [1.29, 1.82) is 0 Å². The molecule has 0 aromatic carbocycles. The van der Waals surface area contributed by atoms with Crippen molar-refractivity contribution in [2.45, 2.75) is 46.0 Å². The quantitative estimate of drug-likeness (QED) is 0.134. The third kappa shape index (κ3) is 29.2. The molecule has 0 bridgehead atoms. The van der Waals surface area contributed by atoms with E-state index in [1.165, 1.54) is 32.6 Å². The van der Waals surface area contributed by atoms with Gasteiger partial charge in [0.15, 0.2) is 0 Å². The van der Waals surface area contributed by atoms with Gasteiger partial charge in [0.2, 0.25) is 0 Å². The molecule has 0 aromatic rings. The largest absolute Gasteiger partial charge is 0.463 e. The lowest BCUT2D eigenvalue weighted by Gasteiger charge is -2.08. The molecule has 9 nitrogen and oxygen atoms in total. The fourth-order valence-corrected chi connectivity index (χ4v) is 2.47. The Morgan fingerprint density at radius 1 is 0.438 bits per heavy atom. The van der Waals surface area contributed by atoms with E-state index in [9.17, 15) is 4.79 Å². The standard InChI is InChI=1S/C23H46O9/c1-3-4-5-6-7-8-25-9-10-26-11-12-27-13-14-28-15-16-29-17-18-30-19-20-31-21-22-32-23(2)24/h3-22H2,1-2H3. The Morgan fingerprint density at radius 3 is 1.09 bits per heavy atom. The van der Waals surface area contributed by atoms with Crippen molar-refractivity contribution >= 4 is 5.97 Å². The zero-order chi connectivity index (χ0) is 23.4. The Labute approximate surface area is 194 Å². The van der Waals surface area contributed by atoms with Crippen molar-refractivity contribution in [3.05, 3.63) is 0 Å². The van der Waals surface area contributed by atoms with Gasteiger partial charge in [-0.25, -0.2) is 0 Å². The van der Waals surface area contributed by atoms with Crippen molar-refractivity contribution in [3.8, 4) is 0 Å². The number of esters is 1. The molecule has 9 heteroatoms. The Kier molecular flexibility index (Phi) is 27.5. The summed E-state index contributed by atoms with van der Waals surface area (Å²) in [5.41, 5.74) is 0. The smallest absolute Gasteiger partial charge is 0.302 e. The van der Waals surface area contributed by atoms with Gasteiger partial charge >= 0.3 is 5.97 Å². The van der Waals surface area contributed by atoms with Crippen LogP contribution in [-0.4, -0.2) is 105 Å². The number of carbonyl (C=O) groups is 1. The van der Waals surface area contributed by atoms with Crippen LogP contribution in [0.1, 0.15) is 46.0 Å². The highest BCUT2D eigenvalue weighted by molar-refractivity contribution is 5.65. The minimum absolute atomic E-state index is 0.270. The Morgan fingerprint density at radius 2 is 0.750 bits per heavy atom. The molecule has 0 heterocycles. The highest BCUT2D eigenvalue weighted by Crippen LogP contribution is 2.02. The average molecular weight is 467 g/mol. The summed E-state index contributed by atoms with van der Waals surface area (Å²) < 4.78 is 42.6. The van der Waals surface area contributed by atoms with Crippen molar-refractivity contribution in [2.75, 3.05) is 99.1 Å². The van der Waals surface area contributed by atoms with Gasteiger partial charge in [-0.15, -0.1) is 0 Å². The number of rotatable bonds is 27. The predicted octanol–water partition coefficient (Wildman–Crippen LogP) is 2.64. The predicted molar refractivity (Wildman–Crippen MR) is 121 cm³/mol. The normalized spacial score (nSPS) is 11.2. The minimum atomic E-state index is -0.302. The lowest BCUT2D eigenvalue weighted by atomic mass is 10.2. The second kappa shape index (κ2) is 28.2. The van der Waals surface area contributed by atoms with Crippen LogP contribution >= 0.6 is 0 Å². The molecule has 0 rings (SSSR count). The molecule has 0 unspecified atom stereocenters. The highest BCUT2D eigenvalue weighted by Gasteiger charge is 1.96. The molecule has 0 fully saturated rings. The van der Waals surface area contributed by atoms with E-state index in [0.717, 1.165) is 13.0 Å². The third-order valence-corrected chi connectivity index (χ3v) is 4.16. The maximum absolute atomic E-state index is 10.5. The van der Waals surface area contributed by atoms with E-state index in [1.807, 2.05) is 0 Å². The van der Waals surface area contributed by atoms with Gasteiger partial charge in [-0.05, 0) is 6.42 Å². The first kappa shape index (κ1) is 31.2. The molecule has 0 aromatic heterocycles. The molecule has 32 heavy (non-hydrogen) atoms. The van der Waals surface area contributed by atoms with E-state index < -0.39 is 0 Å². The molecular weight excluding hydrogens is 420 g/mol. The highest BCUT2D eigenvalue weighted by atomic mass is 16.6. The van der Waals surface area contributed by atoms with Crippen molar-refractivity contribution in [2.24, 2.45) is 0 Å². The zero-order valence-corrected chi connectivity index (χ0v) is 20.3. The summed E-state index contributed by atoms with van der Waals surface area (Å²) in [5.74, 6) is -0.302. The average Bonchev–Trinajstić information content (AvgIpc) is 2.78. The second-order valence-corrected chi connectivity index (χ2v) is 7.04. The fraction of sp³-hybridized carbons (Fsp3) is 0.957. The van der Waals surface area contributed by atoms with Gasteiger partial charge in [-0.3, -0.25) is 4.79 Å². The van der Waals surface area contributed by atoms with Crippen molar-refractivity contribution < 1.29 is 42.7 Å². The van der Waals surface area contributed by atoms with Crippen LogP contribution in [-0.2, 0) is 42.7 Å². The van der Waals surface area contributed by atoms with Crippen LogP contribution in [0.15, 0.2) is 0 Å². The van der Waals surface area contributed by atoms with Crippen LogP contribution < -0.4 is 0 Å². The number of ether oxygens (including phenoxy) is 8. The number of hydrogen-bond donors (Lipinski definition) is 0. The molecule has 0 spiro atoms. The third-order valence-electron chi connectivity index (χ3n) is 4.16. The minimum Gasteiger partial charge on any atom is -0.463 e. The SMILES string of the molecule is CCCCCCCOCCOCCOCCOCCOCCOCCOCCOC(C)=O. The summed E-state index contributed by atoms with van der Waals surface area (Å²) in [6, 6.07) is 0. The second-order valence-electron chi connectivity index (χ2n) is 7.04. The van der Waals surface area contributed by atoms with Gasteiger partial charge in [0.05, 0.1) is 85.9 Å². The number of carbonyl (C=O) groups excluding carboxylic acids is 1. The number of hydrogen-bond acceptors (Lipinski definition) is 9. The lowest BCUT2D eigenvalue weighted by Crippen LogP contribution is -2.15. The molecule has 192 valence electrons. The molecule has 0 radical (unpaired) electrons. The summed E-state index contributed by atoms with van der Waals surface area (Å²) in [4.78, 5) is 10.5. The van der Waals surface area contributed by atoms with Crippen LogP contribution in [0, 0.1) is 0 Å². The van der Waals surface area contributed by atoms with Gasteiger partial charge in [-0.2, -0.15) is 0 Å². The van der Waals surface area contributed by atoms with E-state index in [2.05, 4.69) is 6.92 Å². The summed E-state index contributed by atoms with van der Waals surface area (Å²) in [7, 11) is 0. The van der Waals surface area contributed by atoms with E-state index in [0.29, 0.717) is 85.9 Å². The maximum Gasteiger partial charge on any atom is 0.302 e. The monoisotopic (exact) mass is 466 g/mol. The van der Waals surface area contributed by atoms with Crippen LogP contribution in [0.25, 0.3) is 0 Å². The first-order chi connectivity index (χ1) is 15.8. The Balaban J connectivity index is 3.00. The van der Waals surface area contributed by atoms with Gasteiger partial charge in [0.1, 0.15) is 6.61 Å². The van der Waals surface area contributed by atoms with Crippen molar-refractivity contribution in [3.63, 3.8) is 0 Å². The molecule has 0 amide bonds. The number of unbranched alkanes of at least 4 members (excludes halogenated alkanes) is 4. The molecule has 0 aliphatic carbocycles. The maximum atomic E-state index is 10.5. The van der Waals surface area contributed by atoms with Crippen LogP contribution in [0.5, 0.6) is 0 Å². The van der Waals surface area contributed by atoms with Crippen LogP contribution in [0.3, 0.4) is 0 Å². The fourth-order valence-electron chi connectivity index (χ4n) is 2.47. The van der Waals surface area contributed by atoms with Crippen molar-refractivity contribution in [1.82, 2.24) is 0 Å². The lowest BCUT2D eigenvalue weighted by molar-refractivity contribution is -0.142. The zero-order valence-electron chi connectivity index (χ0n) is 20.3. The van der Waals surface area contributed by atoms with Crippen LogP contribution in [0.4, 0.5) is 0 Å². The van der Waals surface area contributed by atoms with E-state index in [-0.39, 0.29) is 12.6 Å². The van der Waals surface area contributed by atoms with E-state index >= 15 is 0 Å². The summed E-state index contributed by atoms with van der Waals surface area (Å²) in [5, 5.41) is 0. The summed E-state index contributed by atoms with van der Waals surface area (Å²) in [6.07, 6.45) is 6.28. The Hall–Kier alpha value is -0.810. The van der Waals surface area contributed by atoms with Crippen LogP contribution in [0.2, 0.25) is 0 Å². The van der Waals surface area contributed by atoms with E-state index in [4.69, 9.17) is 37.9 Å². The molecule has 0 aliphatic heterocycles. The molecule has 0 saturated carbocycles. The first-order valence-corrected chi connectivity index (χ1v) is 11.9. The van der Waals surface area contributed by atoms with E-state index in [1.54, 1.807) is 0 Å². The van der Waals surface area contributed by atoms with Gasteiger partial charge in [0.25, 0.3) is 0 Å². The summed E-state index contributed by atoms with van der Waals surface area (Å²) >= 11 is 0. The Bertz CT molecular complexity index is 369. The molecule has 0 aliphatic rings.